The Labute approximate surface area is 233 Å². The number of nitrogens with two attached hydrogens (primary N) is 1. The number of amides is 1. The van der Waals surface area contributed by atoms with Gasteiger partial charge in [0.05, 0.1) is 18.4 Å². The summed E-state index contributed by atoms with van der Waals surface area (Å²) in [7, 11) is 0. The molecule has 2 saturated heterocycles. The van der Waals surface area contributed by atoms with Crippen LogP contribution in [0.15, 0.2) is 23.8 Å². The molecule has 0 spiro atoms. The lowest BCUT2D eigenvalue weighted by Crippen LogP contribution is -2.42. The number of fused-ring (bicyclic) bond motifs is 1. The summed E-state index contributed by atoms with van der Waals surface area (Å²) >= 11 is 0. The van der Waals surface area contributed by atoms with Gasteiger partial charge >= 0.3 is 11.9 Å². The van der Waals surface area contributed by atoms with Crippen molar-refractivity contribution in [3.8, 4) is 0 Å². The first-order valence-corrected chi connectivity index (χ1v) is 15.0. The van der Waals surface area contributed by atoms with Gasteiger partial charge in [-0.1, -0.05) is 39.0 Å². The molecule has 218 valence electrons. The zero-order valence-electron chi connectivity index (χ0n) is 23.8. The van der Waals surface area contributed by atoms with Crippen LogP contribution in [0.3, 0.4) is 0 Å². The Morgan fingerprint density at radius 1 is 1.18 bits per heavy atom. The third-order valence-corrected chi connectivity index (χ3v) is 8.85. The lowest BCUT2D eigenvalue weighted by molar-refractivity contribution is -0.209. The minimum Gasteiger partial charge on any atom is -0.462 e. The van der Waals surface area contributed by atoms with Crippen LogP contribution in [0.5, 0.6) is 0 Å². The molecule has 2 aliphatic carbocycles. The lowest BCUT2D eigenvalue weighted by Gasteiger charge is -2.43. The summed E-state index contributed by atoms with van der Waals surface area (Å²) in [5.74, 6) is -0.00747. The van der Waals surface area contributed by atoms with E-state index in [2.05, 4.69) is 32.1 Å². The number of ether oxygens (including phenoxy) is 4. The molecule has 0 saturated carbocycles. The van der Waals surface area contributed by atoms with Crippen LogP contribution < -0.4 is 5.73 Å². The van der Waals surface area contributed by atoms with Crippen LogP contribution in [-0.2, 0) is 33.3 Å². The van der Waals surface area contributed by atoms with E-state index >= 15 is 0 Å². The van der Waals surface area contributed by atoms with Gasteiger partial charge in [0.15, 0.2) is 6.29 Å². The average Bonchev–Trinajstić information content (AvgIpc) is 2.88. The van der Waals surface area contributed by atoms with Crippen LogP contribution in [0.2, 0.25) is 0 Å². The Bertz CT molecular complexity index is 924. The molecule has 0 aromatic carbocycles. The first-order valence-electron chi connectivity index (χ1n) is 15.0. The molecule has 2 heterocycles. The van der Waals surface area contributed by atoms with Crippen LogP contribution in [0.1, 0.15) is 91.4 Å². The van der Waals surface area contributed by atoms with E-state index in [-0.39, 0.29) is 73.0 Å². The molecule has 39 heavy (non-hydrogen) atoms. The second-order valence-corrected chi connectivity index (χ2v) is 12.2. The molecule has 8 heteroatoms. The summed E-state index contributed by atoms with van der Waals surface area (Å²) in [5.41, 5.74) is 6.50. The van der Waals surface area contributed by atoms with Gasteiger partial charge in [-0.05, 0) is 74.7 Å². The van der Waals surface area contributed by atoms with Gasteiger partial charge in [0.2, 0.25) is 5.91 Å². The van der Waals surface area contributed by atoms with E-state index in [0.717, 1.165) is 38.5 Å². The van der Waals surface area contributed by atoms with Gasteiger partial charge in [0, 0.05) is 25.4 Å². The van der Waals surface area contributed by atoms with Crippen LogP contribution in [-0.4, -0.2) is 49.1 Å². The van der Waals surface area contributed by atoms with Gasteiger partial charge in [-0.25, -0.2) is 0 Å². The molecule has 4 rings (SSSR count). The van der Waals surface area contributed by atoms with E-state index in [4.69, 9.17) is 24.7 Å². The van der Waals surface area contributed by atoms with E-state index in [1.807, 2.05) is 6.92 Å². The molecule has 2 N–H and O–H groups in total. The van der Waals surface area contributed by atoms with Crippen molar-refractivity contribution in [1.29, 1.82) is 0 Å². The van der Waals surface area contributed by atoms with E-state index in [1.54, 1.807) is 0 Å². The van der Waals surface area contributed by atoms with Crippen LogP contribution in [0, 0.1) is 29.6 Å². The van der Waals surface area contributed by atoms with Gasteiger partial charge in [-0.15, -0.1) is 0 Å². The number of rotatable bonds is 11. The predicted molar refractivity (Wildman–Crippen MR) is 146 cm³/mol. The van der Waals surface area contributed by atoms with Gasteiger partial charge in [-0.3, -0.25) is 14.4 Å². The van der Waals surface area contributed by atoms with Crippen molar-refractivity contribution in [2.75, 3.05) is 6.61 Å². The molecule has 4 aliphatic rings. The average molecular weight is 546 g/mol. The molecule has 0 aromatic heterocycles. The molecule has 0 bridgehead atoms. The molecular weight excluding hydrogens is 498 g/mol. The van der Waals surface area contributed by atoms with Crippen molar-refractivity contribution >= 4 is 17.8 Å². The number of cyclic esters (lactones) is 1. The fraction of sp³-hybridized carbons (Fsp3) is 0.774. The summed E-state index contributed by atoms with van der Waals surface area (Å²) < 4.78 is 23.8. The summed E-state index contributed by atoms with van der Waals surface area (Å²) in [6.07, 6.45) is 13.9. The van der Waals surface area contributed by atoms with Gasteiger partial charge in [0.25, 0.3) is 0 Å². The van der Waals surface area contributed by atoms with Crippen molar-refractivity contribution in [2.24, 2.45) is 35.3 Å². The Balaban J connectivity index is 1.38. The van der Waals surface area contributed by atoms with E-state index < -0.39 is 0 Å². The molecule has 2 unspecified atom stereocenters. The molecule has 0 aromatic rings. The lowest BCUT2D eigenvalue weighted by atomic mass is 9.65. The summed E-state index contributed by atoms with van der Waals surface area (Å²) in [6, 6.07) is 0. The molecule has 8 nitrogen and oxygen atoms in total. The van der Waals surface area contributed by atoms with E-state index in [1.165, 1.54) is 5.57 Å². The van der Waals surface area contributed by atoms with Crippen LogP contribution in [0.25, 0.3) is 0 Å². The SMILES string of the molecule is C[C@@H]1C=C2C=C[C@@H](C)[C@@H](CCC3C[C@@H](OC4CCCCO4)CC(=O)O3)[C@@H]2[C@@H](OC(=O)[C@H](C)CCCC(N)=O)C1. The summed E-state index contributed by atoms with van der Waals surface area (Å²) in [6.45, 7) is 6.97. The Morgan fingerprint density at radius 2 is 2.00 bits per heavy atom. The van der Waals surface area contributed by atoms with Crippen molar-refractivity contribution in [1.82, 2.24) is 0 Å². The second kappa shape index (κ2) is 13.9. The number of hydrogen-bond acceptors (Lipinski definition) is 7. The molecular formula is C31H47NO7. The number of primary amides is 1. The zero-order valence-corrected chi connectivity index (χ0v) is 23.8. The smallest absolute Gasteiger partial charge is 0.308 e. The summed E-state index contributed by atoms with van der Waals surface area (Å²) in [5, 5.41) is 0. The van der Waals surface area contributed by atoms with Gasteiger partial charge in [0.1, 0.15) is 12.2 Å². The minimum absolute atomic E-state index is 0.116. The third kappa shape index (κ3) is 8.40. The zero-order chi connectivity index (χ0) is 27.9. The summed E-state index contributed by atoms with van der Waals surface area (Å²) in [4.78, 5) is 36.5. The van der Waals surface area contributed by atoms with Gasteiger partial charge < -0.3 is 24.7 Å². The maximum Gasteiger partial charge on any atom is 0.308 e. The van der Waals surface area contributed by atoms with Crippen molar-refractivity contribution < 1.29 is 33.3 Å². The van der Waals surface area contributed by atoms with Crippen molar-refractivity contribution in [3.63, 3.8) is 0 Å². The standard InChI is InChI=1S/C31H47NO7/c1-19-15-22-11-10-20(2)25(30(22)26(16-19)39-31(35)21(3)7-6-8-27(32)33)13-12-23-17-24(18-28(34)37-23)38-29-9-4-5-14-36-29/h10-11,15,19-21,23-26,29-30H,4-9,12-14,16-18H2,1-3H3,(H2,32,33)/t19-,20-,21-,23?,24-,25-,26+,29?,30-/m1/s1. The maximum atomic E-state index is 13.0. The van der Waals surface area contributed by atoms with Crippen LogP contribution in [0.4, 0.5) is 0 Å². The molecule has 9 atom stereocenters. The normalized spacial score (nSPS) is 35.4. The first kappa shape index (κ1) is 29.8. The third-order valence-electron chi connectivity index (χ3n) is 8.85. The Hall–Kier alpha value is -2.19. The Kier molecular flexibility index (Phi) is 10.6. The Morgan fingerprint density at radius 3 is 2.74 bits per heavy atom. The maximum absolute atomic E-state index is 13.0. The number of allylic oxidation sites excluding steroid dienone is 3. The van der Waals surface area contributed by atoms with Gasteiger partial charge in [-0.2, -0.15) is 0 Å². The number of hydrogen-bond donors (Lipinski definition) is 1. The number of carbonyl (C=O) groups is 3. The second-order valence-electron chi connectivity index (χ2n) is 12.2. The van der Waals surface area contributed by atoms with Crippen molar-refractivity contribution in [2.45, 2.75) is 116 Å². The molecule has 1 amide bonds. The van der Waals surface area contributed by atoms with E-state index in [9.17, 15) is 14.4 Å². The highest BCUT2D eigenvalue weighted by Crippen LogP contribution is 2.45. The van der Waals surface area contributed by atoms with Crippen LogP contribution >= 0.6 is 0 Å². The monoisotopic (exact) mass is 545 g/mol. The largest absolute Gasteiger partial charge is 0.462 e. The minimum atomic E-state index is -0.346. The number of esters is 2. The highest BCUT2D eigenvalue weighted by Gasteiger charge is 2.42. The van der Waals surface area contributed by atoms with E-state index in [0.29, 0.717) is 37.7 Å². The highest BCUT2D eigenvalue weighted by molar-refractivity contribution is 5.74. The molecule has 2 fully saturated rings. The highest BCUT2D eigenvalue weighted by atomic mass is 16.7. The molecule has 0 radical (unpaired) electrons. The topological polar surface area (TPSA) is 114 Å². The first-order chi connectivity index (χ1) is 18.7. The molecule has 2 aliphatic heterocycles. The quantitative estimate of drug-likeness (QED) is 0.364. The fourth-order valence-electron chi connectivity index (χ4n) is 6.72. The number of carbonyl (C=O) groups excluding carboxylic acids is 3. The predicted octanol–water partition coefficient (Wildman–Crippen LogP) is 4.99. The fourth-order valence-corrected chi connectivity index (χ4v) is 6.72. The van der Waals surface area contributed by atoms with Crippen molar-refractivity contribution in [3.05, 3.63) is 23.8 Å².